The largest absolute Gasteiger partial charge is 0.480 e. The highest BCUT2D eigenvalue weighted by Gasteiger charge is 2.47. The van der Waals surface area contributed by atoms with Gasteiger partial charge < -0.3 is 15.6 Å². The lowest BCUT2D eigenvalue weighted by Crippen LogP contribution is -2.44. The molecule has 3 N–H and O–H groups in total. The van der Waals surface area contributed by atoms with Gasteiger partial charge in [-0.3, -0.25) is 4.79 Å². The molecule has 0 saturated carbocycles. The van der Waals surface area contributed by atoms with Crippen molar-refractivity contribution < 1.29 is 14.6 Å². The van der Waals surface area contributed by atoms with Gasteiger partial charge in [0.1, 0.15) is 24.3 Å². The van der Waals surface area contributed by atoms with Gasteiger partial charge in [-0.2, -0.15) is 0 Å². The Morgan fingerprint density at radius 3 is 2.62 bits per heavy atom. The molecule has 0 saturated heterocycles. The molecule has 1 aliphatic carbocycles. The molecular weight excluding hydrogens is 334 g/mol. The number of carbonyl (C=O) groups is 1. The molecule has 0 aromatic carbocycles. The molecule has 8 nitrogen and oxygen atoms in total. The van der Waals surface area contributed by atoms with E-state index in [2.05, 4.69) is 19.9 Å². The molecular formula is C18H19N5O3. The lowest BCUT2D eigenvalue weighted by molar-refractivity contribution is -0.139. The van der Waals surface area contributed by atoms with E-state index in [-0.39, 0.29) is 12.3 Å². The zero-order chi connectivity index (χ0) is 18.6. The number of allylic oxidation sites excluding steroid dienone is 2. The summed E-state index contributed by atoms with van der Waals surface area (Å²) in [4.78, 5) is 28.0. The fraction of sp³-hybridized carbons (Fsp3) is 0.278. The monoisotopic (exact) mass is 353 g/mol. The summed E-state index contributed by atoms with van der Waals surface area (Å²) >= 11 is 0. The third-order valence-electron chi connectivity index (χ3n) is 4.50. The summed E-state index contributed by atoms with van der Waals surface area (Å²) in [6.45, 7) is 0. The van der Waals surface area contributed by atoms with Crippen LogP contribution in [-0.2, 0) is 15.1 Å². The highest BCUT2D eigenvalue weighted by molar-refractivity contribution is 5.76. The predicted molar refractivity (Wildman–Crippen MR) is 93.6 cm³/mol. The van der Waals surface area contributed by atoms with Crippen LogP contribution in [0.5, 0.6) is 0 Å². The van der Waals surface area contributed by atoms with E-state index in [1.807, 2.05) is 18.2 Å². The van der Waals surface area contributed by atoms with Crippen molar-refractivity contribution in [2.45, 2.75) is 18.1 Å². The van der Waals surface area contributed by atoms with Gasteiger partial charge in [0, 0.05) is 31.0 Å². The number of aliphatic carboxylic acids is 1. The minimum atomic E-state index is -1.07. The fourth-order valence-corrected chi connectivity index (χ4v) is 3.29. The number of methoxy groups -OCH3 is 1. The topological polar surface area (TPSA) is 124 Å². The average Bonchev–Trinajstić information content (AvgIpc) is 2.69. The van der Waals surface area contributed by atoms with Gasteiger partial charge in [0.25, 0.3) is 0 Å². The summed E-state index contributed by atoms with van der Waals surface area (Å²) in [6.07, 6.45) is 11.9. The third kappa shape index (κ3) is 3.12. The maximum atomic E-state index is 11.3. The normalized spacial score (nSPS) is 23.3. The summed E-state index contributed by atoms with van der Waals surface area (Å²) in [5.74, 6) is -1.42. The quantitative estimate of drug-likeness (QED) is 0.793. The van der Waals surface area contributed by atoms with Crippen molar-refractivity contribution in [1.29, 1.82) is 0 Å². The maximum Gasteiger partial charge on any atom is 0.320 e. The Morgan fingerprint density at radius 2 is 2.04 bits per heavy atom. The maximum absolute atomic E-state index is 11.3. The van der Waals surface area contributed by atoms with Gasteiger partial charge in [-0.15, -0.1) is 0 Å². The molecule has 3 atom stereocenters. The van der Waals surface area contributed by atoms with Gasteiger partial charge in [0.2, 0.25) is 0 Å². The Balaban J connectivity index is 2.16. The van der Waals surface area contributed by atoms with Crippen molar-refractivity contribution in [2.24, 2.45) is 11.7 Å². The predicted octanol–water partition coefficient (Wildman–Crippen LogP) is 1.18. The smallest absolute Gasteiger partial charge is 0.320 e. The molecule has 2 heterocycles. The van der Waals surface area contributed by atoms with E-state index >= 15 is 0 Å². The Morgan fingerprint density at radius 1 is 1.31 bits per heavy atom. The molecule has 0 spiro atoms. The summed E-state index contributed by atoms with van der Waals surface area (Å²) in [5.41, 5.74) is 6.80. The van der Waals surface area contributed by atoms with Gasteiger partial charge >= 0.3 is 5.97 Å². The molecule has 2 aromatic rings. The van der Waals surface area contributed by atoms with Crippen molar-refractivity contribution in [1.82, 2.24) is 19.9 Å². The second-order valence-electron chi connectivity index (χ2n) is 5.88. The Hall–Kier alpha value is -2.97. The van der Waals surface area contributed by atoms with Crippen LogP contribution in [0, 0.1) is 5.92 Å². The van der Waals surface area contributed by atoms with Crippen LogP contribution < -0.4 is 5.73 Å². The minimum Gasteiger partial charge on any atom is -0.480 e. The molecule has 0 fully saturated rings. The van der Waals surface area contributed by atoms with Crippen molar-refractivity contribution in [3.8, 4) is 0 Å². The van der Waals surface area contributed by atoms with E-state index in [0.29, 0.717) is 11.4 Å². The molecule has 3 rings (SSSR count). The van der Waals surface area contributed by atoms with Crippen LogP contribution in [0.2, 0.25) is 0 Å². The summed E-state index contributed by atoms with van der Waals surface area (Å²) in [6, 6.07) is 2.48. The standard InChI is InChI=1S/C18H19N5O3/c1-26-18(16-6-8-21-11-23-16)12(9-14(19)17(24)25)3-2-4-13(18)15-5-7-20-10-22-15/h2-8,10-12,14H,9,19H2,1H3,(H,24,25). The first-order valence-corrected chi connectivity index (χ1v) is 8.05. The Kier molecular flexibility index (Phi) is 5.15. The number of nitrogens with zero attached hydrogens (tertiary/aromatic N) is 4. The number of hydrogen-bond donors (Lipinski definition) is 2. The van der Waals surface area contributed by atoms with Crippen LogP contribution in [0.15, 0.2) is 55.4 Å². The van der Waals surface area contributed by atoms with Crippen LogP contribution in [0.25, 0.3) is 5.57 Å². The summed E-state index contributed by atoms with van der Waals surface area (Å²) < 4.78 is 6.01. The van der Waals surface area contributed by atoms with Crippen LogP contribution in [0.4, 0.5) is 0 Å². The zero-order valence-corrected chi connectivity index (χ0v) is 14.2. The second-order valence-corrected chi connectivity index (χ2v) is 5.88. The van der Waals surface area contributed by atoms with E-state index in [9.17, 15) is 9.90 Å². The molecule has 3 unspecified atom stereocenters. The third-order valence-corrected chi connectivity index (χ3v) is 4.50. The molecule has 0 aliphatic heterocycles. The Labute approximate surface area is 150 Å². The molecule has 134 valence electrons. The lowest BCUT2D eigenvalue weighted by Gasteiger charge is -2.41. The van der Waals surface area contributed by atoms with Gasteiger partial charge in [-0.25, -0.2) is 19.9 Å². The summed E-state index contributed by atoms with van der Waals surface area (Å²) in [7, 11) is 1.57. The Bertz CT molecular complexity index is 825. The number of carboxylic acid groups (broad SMARTS) is 1. The van der Waals surface area contributed by atoms with Crippen molar-refractivity contribution >= 4 is 11.5 Å². The number of aromatic nitrogens is 4. The first-order valence-electron chi connectivity index (χ1n) is 8.05. The van der Waals surface area contributed by atoms with Crippen LogP contribution in [0.3, 0.4) is 0 Å². The fourth-order valence-electron chi connectivity index (χ4n) is 3.29. The van der Waals surface area contributed by atoms with Crippen LogP contribution >= 0.6 is 0 Å². The van der Waals surface area contributed by atoms with E-state index in [1.54, 1.807) is 31.6 Å². The SMILES string of the molecule is COC1(c2ccncn2)C(c2ccncn2)=CC=CC1CC(N)C(=O)O. The van der Waals surface area contributed by atoms with E-state index in [1.165, 1.54) is 12.7 Å². The molecule has 0 radical (unpaired) electrons. The molecule has 26 heavy (non-hydrogen) atoms. The second kappa shape index (κ2) is 7.51. The summed E-state index contributed by atoms with van der Waals surface area (Å²) in [5, 5.41) is 9.26. The molecule has 8 heteroatoms. The molecule has 1 aliphatic rings. The molecule has 0 bridgehead atoms. The zero-order valence-electron chi connectivity index (χ0n) is 14.2. The van der Waals surface area contributed by atoms with E-state index in [0.717, 1.165) is 5.57 Å². The van der Waals surface area contributed by atoms with Gasteiger partial charge in [0.05, 0.1) is 11.4 Å². The lowest BCUT2D eigenvalue weighted by atomic mass is 9.71. The number of rotatable bonds is 6. The van der Waals surface area contributed by atoms with E-state index < -0.39 is 17.6 Å². The van der Waals surface area contributed by atoms with Crippen LogP contribution in [0.1, 0.15) is 17.8 Å². The van der Waals surface area contributed by atoms with E-state index in [4.69, 9.17) is 10.5 Å². The van der Waals surface area contributed by atoms with Gasteiger partial charge in [-0.05, 0) is 18.6 Å². The van der Waals surface area contributed by atoms with Gasteiger partial charge in [-0.1, -0.05) is 18.2 Å². The van der Waals surface area contributed by atoms with Crippen LogP contribution in [-0.4, -0.2) is 44.2 Å². The highest BCUT2D eigenvalue weighted by Crippen LogP contribution is 2.47. The molecule has 0 amide bonds. The number of hydrogen-bond acceptors (Lipinski definition) is 7. The minimum absolute atomic E-state index is 0.173. The average molecular weight is 353 g/mol. The number of carboxylic acids is 1. The number of ether oxygens (including phenoxy) is 1. The first kappa shape index (κ1) is 17.8. The van der Waals surface area contributed by atoms with Crippen molar-refractivity contribution in [2.75, 3.05) is 7.11 Å². The first-order chi connectivity index (χ1) is 12.6. The van der Waals surface area contributed by atoms with Crippen molar-refractivity contribution in [3.63, 3.8) is 0 Å². The van der Waals surface area contributed by atoms with Crippen molar-refractivity contribution in [3.05, 3.63) is 66.8 Å². The highest BCUT2D eigenvalue weighted by atomic mass is 16.5. The van der Waals surface area contributed by atoms with Gasteiger partial charge in [0.15, 0.2) is 0 Å². The number of nitrogens with two attached hydrogens (primary N) is 1. The molecule has 2 aromatic heterocycles.